The Balaban J connectivity index is 2.78. The van der Waals surface area contributed by atoms with E-state index in [2.05, 4.69) is 5.32 Å². The fourth-order valence-corrected chi connectivity index (χ4v) is 1.53. The van der Waals surface area contributed by atoms with Crippen molar-refractivity contribution >= 4 is 17.3 Å². The van der Waals surface area contributed by atoms with Crippen LogP contribution in [0.15, 0.2) is 18.2 Å². The van der Waals surface area contributed by atoms with Crippen LogP contribution in [0.3, 0.4) is 0 Å². The number of hydrogen-bond donors (Lipinski definition) is 2. The van der Waals surface area contributed by atoms with Gasteiger partial charge in [-0.05, 0) is 24.0 Å². The number of hydrogen-bond acceptors (Lipinski definition) is 2. The number of carbonyl (C=O) groups excluding carboxylic acids is 1. The summed E-state index contributed by atoms with van der Waals surface area (Å²) in [4.78, 5) is 11.8. The zero-order chi connectivity index (χ0) is 12.3. The van der Waals surface area contributed by atoms with Crippen molar-refractivity contribution in [2.24, 2.45) is 5.41 Å². The van der Waals surface area contributed by atoms with Crippen LogP contribution in [0.5, 0.6) is 0 Å². The summed E-state index contributed by atoms with van der Waals surface area (Å²) in [5.41, 5.74) is 8.14. The molecule has 1 aromatic carbocycles. The summed E-state index contributed by atoms with van der Waals surface area (Å²) in [7, 11) is 0. The molecule has 0 unspecified atom stereocenters. The van der Waals surface area contributed by atoms with Gasteiger partial charge in [-0.15, -0.1) is 0 Å². The highest BCUT2D eigenvalue weighted by atomic mass is 16.1. The molecular formula is C13H20N2O. The Hall–Kier alpha value is -1.51. The molecule has 1 rings (SSSR count). The molecule has 0 bridgehead atoms. The zero-order valence-corrected chi connectivity index (χ0v) is 10.4. The van der Waals surface area contributed by atoms with Crippen molar-refractivity contribution < 1.29 is 4.79 Å². The van der Waals surface area contributed by atoms with E-state index in [1.54, 1.807) is 6.07 Å². The number of anilines is 2. The number of benzene rings is 1. The first kappa shape index (κ1) is 12.6. The number of nitrogens with one attached hydrogen (secondary N) is 1. The fourth-order valence-electron chi connectivity index (χ4n) is 1.53. The van der Waals surface area contributed by atoms with Gasteiger partial charge in [0.25, 0.3) is 0 Å². The normalized spacial score (nSPS) is 11.2. The van der Waals surface area contributed by atoms with Gasteiger partial charge in [-0.2, -0.15) is 0 Å². The Bertz CT molecular complexity index is 371. The van der Waals surface area contributed by atoms with E-state index < -0.39 is 0 Å². The van der Waals surface area contributed by atoms with Gasteiger partial charge in [0.2, 0.25) is 5.91 Å². The standard InChI is InChI=1S/C13H20N2O/c1-9-6-5-7-10(14)12(9)15-11(16)8-13(2,3)4/h5-7H,8,14H2,1-4H3,(H,15,16). The second kappa shape index (κ2) is 4.56. The van der Waals surface area contributed by atoms with Crippen LogP contribution in [0.1, 0.15) is 32.8 Å². The molecule has 1 aromatic rings. The second-order valence-electron chi connectivity index (χ2n) is 5.32. The van der Waals surface area contributed by atoms with Gasteiger partial charge in [0.1, 0.15) is 0 Å². The number of aryl methyl sites for hydroxylation is 1. The molecule has 0 spiro atoms. The third-order valence-electron chi connectivity index (χ3n) is 2.26. The Morgan fingerprint density at radius 1 is 1.38 bits per heavy atom. The minimum Gasteiger partial charge on any atom is -0.397 e. The lowest BCUT2D eigenvalue weighted by molar-refractivity contribution is -0.117. The lowest BCUT2D eigenvalue weighted by Crippen LogP contribution is -2.20. The zero-order valence-electron chi connectivity index (χ0n) is 10.4. The second-order valence-corrected chi connectivity index (χ2v) is 5.32. The van der Waals surface area contributed by atoms with E-state index in [4.69, 9.17) is 5.73 Å². The molecule has 0 heterocycles. The van der Waals surface area contributed by atoms with Crippen LogP contribution in [0.25, 0.3) is 0 Å². The summed E-state index contributed by atoms with van der Waals surface area (Å²) >= 11 is 0. The fraction of sp³-hybridized carbons (Fsp3) is 0.462. The van der Waals surface area contributed by atoms with Gasteiger partial charge in [0, 0.05) is 6.42 Å². The summed E-state index contributed by atoms with van der Waals surface area (Å²) < 4.78 is 0. The highest BCUT2D eigenvalue weighted by molar-refractivity contribution is 5.95. The quantitative estimate of drug-likeness (QED) is 0.753. The van der Waals surface area contributed by atoms with Crippen LogP contribution in [0.4, 0.5) is 11.4 Å². The molecule has 1 amide bonds. The van der Waals surface area contributed by atoms with E-state index in [1.165, 1.54) is 0 Å². The first-order valence-electron chi connectivity index (χ1n) is 5.44. The molecule has 0 atom stereocenters. The third-order valence-corrected chi connectivity index (χ3v) is 2.26. The first-order valence-corrected chi connectivity index (χ1v) is 5.44. The largest absolute Gasteiger partial charge is 0.397 e. The maximum atomic E-state index is 11.8. The van der Waals surface area contributed by atoms with E-state index in [9.17, 15) is 4.79 Å². The molecule has 0 aliphatic carbocycles. The average molecular weight is 220 g/mol. The van der Waals surface area contributed by atoms with E-state index in [-0.39, 0.29) is 11.3 Å². The molecule has 16 heavy (non-hydrogen) atoms. The van der Waals surface area contributed by atoms with Crippen molar-refractivity contribution in [3.63, 3.8) is 0 Å². The van der Waals surface area contributed by atoms with E-state index in [0.717, 1.165) is 11.3 Å². The van der Waals surface area contributed by atoms with Gasteiger partial charge >= 0.3 is 0 Å². The Morgan fingerprint density at radius 2 is 2.00 bits per heavy atom. The molecule has 0 aliphatic rings. The van der Waals surface area contributed by atoms with Crippen LogP contribution < -0.4 is 11.1 Å². The van der Waals surface area contributed by atoms with E-state index >= 15 is 0 Å². The van der Waals surface area contributed by atoms with Gasteiger partial charge < -0.3 is 11.1 Å². The van der Waals surface area contributed by atoms with Crippen LogP contribution in [0, 0.1) is 12.3 Å². The van der Waals surface area contributed by atoms with Crippen molar-refractivity contribution in [1.29, 1.82) is 0 Å². The molecule has 3 N–H and O–H groups in total. The number of para-hydroxylation sites is 1. The summed E-state index contributed by atoms with van der Waals surface area (Å²) in [6.45, 7) is 8.04. The van der Waals surface area contributed by atoms with Gasteiger partial charge in [0.05, 0.1) is 11.4 Å². The monoisotopic (exact) mass is 220 g/mol. The summed E-state index contributed by atoms with van der Waals surface area (Å²) in [5, 5.41) is 2.87. The van der Waals surface area contributed by atoms with Crippen LogP contribution >= 0.6 is 0 Å². The Kier molecular flexibility index (Phi) is 3.58. The van der Waals surface area contributed by atoms with Crippen LogP contribution in [-0.2, 0) is 4.79 Å². The summed E-state index contributed by atoms with van der Waals surface area (Å²) in [6, 6.07) is 5.60. The topological polar surface area (TPSA) is 55.1 Å². The highest BCUT2D eigenvalue weighted by Gasteiger charge is 2.17. The Morgan fingerprint density at radius 3 is 2.50 bits per heavy atom. The van der Waals surface area contributed by atoms with Crippen molar-refractivity contribution in [2.45, 2.75) is 34.1 Å². The lowest BCUT2D eigenvalue weighted by Gasteiger charge is -2.18. The molecule has 0 aliphatic heterocycles. The molecule has 0 fully saturated rings. The number of nitrogen functional groups attached to an aromatic ring is 1. The van der Waals surface area contributed by atoms with Crippen molar-refractivity contribution in [3.8, 4) is 0 Å². The van der Waals surface area contributed by atoms with Crippen LogP contribution in [0.2, 0.25) is 0 Å². The van der Waals surface area contributed by atoms with Crippen LogP contribution in [-0.4, -0.2) is 5.91 Å². The van der Waals surface area contributed by atoms with Gasteiger partial charge in [-0.25, -0.2) is 0 Å². The lowest BCUT2D eigenvalue weighted by atomic mass is 9.92. The third kappa shape index (κ3) is 3.57. The predicted molar refractivity (Wildman–Crippen MR) is 68.3 cm³/mol. The summed E-state index contributed by atoms with van der Waals surface area (Å²) in [6.07, 6.45) is 0.487. The number of rotatable bonds is 2. The molecular weight excluding hydrogens is 200 g/mol. The van der Waals surface area contributed by atoms with Crippen molar-refractivity contribution in [2.75, 3.05) is 11.1 Å². The maximum absolute atomic E-state index is 11.8. The van der Waals surface area contributed by atoms with Crippen molar-refractivity contribution in [3.05, 3.63) is 23.8 Å². The minimum atomic E-state index is -0.0124. The number of nitrogens with two attached hydrogens (primary N) is 1. The number of amides is 1. The molecule has 0 aromatic heterocycles. The highest BCUT2D eigenvalue weighted by Crippen LogP contribution is 2.25. The van der Waals surface area contributed by atoms with Gasteiger partial charge in [-0.1, -0.05) is 32.9 Å². The smallest absolute Gasteiger partial charge is 0.224 e. The minimum absolute atomic E-state index is 0.00787. The van der Waals surface area contributed by atoms with E-state index in [0.29, 0.717) is 12.1 Å². The van der Waals surface area contributed by atoms with Gasteiger partial charge in [-0.3, -0.25) is 4.79 Å². The van der Waals surface area contributed by atoms with E-state index in [1.807, 2.05) is 39.8 Å². The SMILES string of the molecule is Cc1cccc(N)c1NC(=O)CC(C)(C)C. The molecule has 3 heteroatoms. The molecule has 0 radical (unpaired) electrons. The average Bonchev–Trinajstić information content (AvgIpc) is 2.08. The molecule has 0 saturated heterocycles. The summed E-state index contributed by atoms with van der Waals surface area (Å²) in [5.74, 6) is 0.00787. The van der Waals surface area contributed by atoms with Gasteiger partial charge in [0.15, 0.2) is 0 Å². The number of carbonyl (C=O) groups is 1. The first-order chi connectivity index (χ1) is 7.29. The molecule has 0 saturated carbocycles. The molecule has 88 valence electrons. The predicted octanol–water partition coefficient (Wildman–Crippen LogP) is 2.95. The Labute approximate surface area is 97.0 Å². The molecule has 3 nitrogen and oxygen atoms in total. The maximum Gasteiger partial charge on any atom is 0.224 e. The van der Waals surface area contributed by atoms with Crippen molar-refractivity contribution in [1.82, 2.24) is 0 Å².